The third-order valence-electron chi connectivity index (χ3n) is 10.1. The predicted molar refractivity (Wildman–Crippen MR) is 191 cm³/mol. The largest absolute Gasteiger partial charge is 0.390 e. The summed E-state index contributed by atoms with van der Waals surface area (Å²) in [7, 11) is 1.79. The van der Waals surface area contributed by atoms with Gasteiger partial charge in [-0.25, -0.2) is 0 Å². The molecule has 5 atom stereocenters. The minimum atomic E-state index is -1.13. The molecule has 2 fully saturated rings. The summed E-state index contributed by atoms with van der Waals surface area (Å²) in [5.74, 6) is 1.50. The highest BCUT2D eigenvalue weighted by atomic mass is 16.3. The normalized spacial score (nSPS) is 19.0. The summed E-state index contributed by atoms with van der Waals surface area (Å²) in [4.78, 5) is 45.3. The van der Waals surface area contributed by atoms with E-state index in [4.69, 9.17) is 6.42 Å². The van der Waals surface area contributed by atoms with E-state index in [1.54, 1.807) is 11.9 Å². The highest BCUT2D eigenvalue weighted by molar-refractivity contribution is 5.91. The quantitative estimate of drug-likeness (QED) is 0.164. The number of aliphatic hydroxyl groups excluding tert-OH is 2. The molecule has 3 rings (SSSR count). The van der Waals surface area contributed by atoms with Gasteiger partial charge in [0.2, 0.25) is 17.7 Å². The van der Waals surface area contributed by atoms with Crippen LogP contribution in [0.4, 0.5) is 0 Å². The molecule has 1 aromatic rings. The van der Waals surface area contributed by atoms with Crippen molar-refractivity contribution in [2.24, 2.45) is 17.8 Å². The van der Waals surface area contributed by atoms with E-state index in [9.17, 15) is 24.6 Å². The number of terminal acetylenes is 1. The fraction of sp³-hybridized carbons (Fsp3) is 0.718. The molecule has 0 bridgehead atoms. The molecule has 1 aromatic carbocycles. The number of benzene rings is 1. The molecule has 0 aromatic heterocycles. The number of hydrogen-bond donors (Lipinski definition) is 4. The fourth-order valence-electron chi connectivity index (χ4n) is 7.15. The first-order valence-corrected chi connectivity index (χ1v) is 18.5. The second-order valence-corrected chi connectivity index (χ2v) is 14.7. The Labute approximate surface area is 289 Å². The highest BCUT2D eigenvalue weighted by Crippen LogP contribution is 2.29. The summed E-state index contributed by atoms with van der Waals surface area (Å²) >= 11 is 0. The molecule has 0 unspecified atom stereocenters. The molecule has 1 aliphatic carbocycles. The molecule has 1 saturated carbocycles. The van der Waals surface area contributed by atoms with Gasteiger partial charge in [0.15, 0.2) is 0 Å². The zero-order chi connectivity index (χ0) is 34.9. The lowest BCUT2D eigenvalue weighted by Crippen LogP contribution is -2.56. The fourth-order valence-corrected chi connectivity index (χ4v) is 7.15. The van der Waals surface area contributed by atoms with E-state index in [0.717, 1.165) is 50.9 Å². The van der Waals surface area contributed by atoms with Gasteiger partial charge in [-0.1, -0.05) is 82.7 Å². The molecule has 2 aliphatic rings. The molecule has 0 radical (unpaired) electrons. The predicted octanol–water partition coefficient (Wildman–Crippen LogP) is 4.30. The number of likely N-dealkylation sites (tertiary alicyclic amines) is 1. The van der Waals surface area contributed by atoms with Gasteiger partial charge in [-0.3, -0.25) is 14.4 Å². The van der Waals surface area contributed by atoms with Crippen LogP contribution in [-0.4, -0.2) is 95.3 Å². The lowest BCUT2D eigenvalue weighted by atomic mass is 9.82. The second kappa shape index (κ2) is 21.2. The number of amides is 3. The Hall–Kier alpha value is -2.93. The first-order chi connectivity index (χ1) is 23.1. The number of carbonyl (C=O) groups excluding carboxylic acids is 3. The van der Waals surface area contributed by atoms with Crippen molar-refractivity contribution in [3.05, 3.63) is 35.9 Å². The lowest BCUT2D eigenvalue weighted by Gasteiger charge is -2.34. The number of carbonyl (C=O) groups is 3. The van der Waals surface area contributed by atoms with Crippen LogP contribution in [0.3, 0.4) is 0 Å². The van der Waals surface area contributed by atoms with Gasteiger partial charge in [0, 0.05) is 33.0 Å². The van der Waals surface area contributed by atoms with E-state index in [1.165, 1.54) is 25.7 Å². The molecule has 268 valence electrons. The monoisotopic (exact) mass is 666 g/mol. The number of hydrogen-bond acceptors (Lipinski definition) is 6. The second-order valence-electron chi connectivity index (χ2n) is 14.7. The van der Waals surface area contributed by atoms with Crippen LogP contribution in [0.25, 0.3) is 0 Å². The molecule has 4 N–H and O–H groups in total. The van der Waals surface area contributed by atoms with Gasteiger partial charge >= 0.3 is 0 Å². The molecule has 9 nitrogen and oxygen atoms in total. The molecule has 9 heteroatoms. The van der Waals surface area contributed by atoms with Crippen LogP contribution in [-0.2, 0) is 20.8 Å². The molecule has 48 heavy (non-hydrogen) atoms. The smallest absolute Gasteiger partial charge is 0.242 e. The van der Waals surface area contributed by atoms with Crippen LogP contribution >= 0.6 is 0 Å². The minimum Gasteiger partial charge on any atom is -0.390 e. The van der Waals surface area contributed by atoms with Gasteiger partial charge in [0.1, 0.15) is 12.1 Å². The Balaban J connectivity index is 1.73. The van der Waals surface area contributed by atoms with Gasteiger partial charge in [0.25, 0.3) is 0 Å². The van der Waals surface area contributed by atoms with Crippen molar-refractivity contribution >= 4 is 17.7 Å². The van der Waals surface area contributed by atoms with Gasteiger partial charge in [-0.05, 0) is 69.0 Å². The number of piperidine rings is 1. The van der Waals surface area contributed by atoms with Crippen molar-refractivity contribution in [2.75, 3.05) is 33.2 Å². The maximum Gasteiger partial charge on any atom is 0.242 e. The Morgan fingerprint density at radius 3 is 2.29 bits per heavy atom. The zero-order valence-corrected chi connectivity index (χ0v) is 29.7. The maximum atomic E-state index is 13.9. The van der Waals surface area contributed by atoms with Crippen molar-refractivity contribution in [1.82, 2.24) is 20.4 Å². The first-order valence-electron chi connectivity index (χ1n) is 18.5. The Morgan fingerprint density at radius 2 is 1.65 bits per heavy atom. The van der Waals surface area contributed by atoms with Crippen molar-refractivity contribution < 1.29 is 24.6 Å². The standard InChI is InChI=1S/C39H62N4O5/c1-5-6-20-33(39(48)41-34(27-31-18-12-8-13-19-31)37(46)35(44)25-29(2)3)40-38(47)32(26-30-16-10-7-11-17-30)28-36(45)42(4)23-24-43-21-14-9-15-22-43/h1,7,10-11,16-17,29,31-35,37,44,46H,6,8-9,12-15,18-28H2,2-4H3,(H,40,47)(H,41,48)/t32-,33+,34+,35+,37-/m1/s1. The third kappa shape index (κ3) is 13.9. The van der Waals surface area contributed by atoms with E-state index in [2.05, 4.69) is 21.5 Å². The Morgan fingerprint density at radius 1 is 0.979 bits per heavy atom. The Kier molecular flexibility index (Phi) is 17.5. The van der Waals surface area contributed by atoms with E-state index in [1.807, 2.05) is 44.2 Å². The molecule has 1 heterocycles. The summed E-state index contributed by atoms with van der Waals surface area (Å²) in [5, 5.41) is 28.0. The SMILES string of the molecule is C#CCC[C@H](NC(=O)[C@@H](CC(=O)N(C)CCN1CCCCC1)Cc1ccccc1)C(=O)N[C@@H](CC1CCCCC1)[C@@H](O)[C@@H](O)CC(C)C. The minimum absolute atomic E-state index is 0.0190. The van der Waals surface area contributed by atoms with E-state index < -0.39 is 36.1 Å². The first kappa shape index (κ1) is 39.5. The summed E-state index contributed by atoms with van der Waals surface area (Å²) in [6, 6.07) is 8.00. The van der Waals surface area contributed by atoms with Crippen LogP contribution in [0.2, 0.25) is 0 Å². The highest BCUT2D eigenvalue weighted by Gasteiger charge is 2.34. The van der Waals surface area contributed by atoms with Crippen molar-refractivity contribution in [3.63, 3.8) is 0 Å². The van der Waals surface area contributed by atoms with Crippen LogP contribution in [0, 0.1) is 30.1 Å². The lowest BCUT2D eigenvalue weighted by molar-refractivity contribution is -0.137. The number of likely N-dealkylation sites (N-methyl/N-ethyl adjacent to an activating group) is 1. The van der Waals surface area contributed by atoms with Crippen LogP contribution in [0.1, 0.15) is 103 Å². The van der Waals surface area contributed by atoms with E-state index >= 15 is 0 Å². The van der Waals surface area contributed by atoms with E-state index in [-0.39, 0.29) is 37.0 Å². The molecule has 1 saturated heterocycles. The van der Waals surface area contributed by atoms with Crippen LogP contribution in [0.5, 0.6) is 0 Å². The van der Waals surface area contributed by atoms with Crippen LogP contribution in [0.15, 0.2) is 30.3 Å². The zero-order valence-electron chi connectivity index (χ0n) is 29.7. The topological polar surface area (TPSA) is 122 Å². The average molecular weight is 667 g/mol. The summed E-state index contributed by atoms with van der Waals surface area (Å²) < 4.78 is 0. The molecular formula is C39H62N4O5. The van der Waals surface area contributed by atoms with Gasteiger partial charge in [0.05, 0.1) is 18.1 Å². The molecule has 1 aliphatic heterocycles. The summed E-state index contributed by atoms with van der Waals surface area (Å²) in [6.07, 6.45) is 14.4. The molecule has 0 spiro atoms. The third-order valence-corrected chi connectivity index (χ3v) is 10.1. The number of nitrogens with one attached hydrogen (secondary N) is 2. The van der Waals surface area contributed by atoms with Gasteiger partial charge < -0.3 is 30.6 Å². The summed E-state index contributed by atoms with van der Waals surface area (Å²) in [6.45, 7) is 7.48. The van der Waals surface area contributed by atoms with Crippen LogP contribution < -0.4 is 10.6 Å². The molecule has 3 amide bonds. The maximum absolute atomic E-state index is 13.9. The average Bonchev–Trinajstić information content (AvgIpc) is 3.08. The van der Waals surface area contributed by atoms with E-state index in [0.29, 0.717) is 31.7 Å². The van der Waals surface area contributed by atoms with Gasteiger partial charge in [-0.15, -0.1) is 12.3 Å². The van der Waals surface area contributed by atoms with Crippen molar-refractivity contribution in [3.8, 4) is 12.3 Å². The van der Waals surface area contributed by atoms with Crippen molar-refractivity contribution in [2.45, 2.75) is 128 Å². The number of aliphatic hydroxyl groups is 2. The van der Waals surface area contributed by atoms with Crippen molar-refractivity contribution in [1.29, 1.82) is 0 Å². The number of rotatable bonds is 19. The molecular weight excluding hydrogens is 604 g/mol. The Bertz CT molecular complexity index is 1140. The van der Waals surface area contributed by atoms with Gasteiger partial charge in [-0.2, -0.15) is 0 Å². The number of nitrogens with zero attached hydrogens (tertiary/aromatic N) is 2. The summed E-state index contributed by atoms with van der Waals surface area (Å²) in [5.41, 5.74) is 0.931.